The third-order valence-corrected chi connectivity index (χ3v) is 2.09. The van der Waals surface area contributed by atoms with Gasteiger partial charge in [0.15, 0.2) is 0 Å². The van der Waals surface area contributed by atoms with E-state index in [1.165, 1.54) is 24.1 Å². The lowest BCUT2D eigenvalue weighted by Crippen LogP contribution is -2.00. The second kappa shape index (κ2) is 5.63. The Morgan fingerprint density at radius 1 is 1.38 bits per heavy atom. The molecule has 0 atom stereocenters. The van der Waals surface area contributed by atoms with Crippen molar-refractivity contribution in [1.29, 1.82) is 0 Å². The lowest BCUT2D eigenvalue weighted by Gasteiger charge is -2.09. The molecule has 0 spiro atoms. The fourth-order valence-corrected chi connectivity index (χ4v) is 1.39. The van der Waals surface area contributed by atoms with Crippen molar-refractivity contribution in [2.24, 2.45) is 0 Å². The van der Waals surface area contributed by atoms with Gasteiger partial charge in [-0.2, -0.15) is 0 Å². The first-order valence-electron chi connectivity index (χ1n) is 5.12. The van der Waals surface area contributed by atoms with E-state index in [2.05, 4.69) is 31.3 Å². The highest BCUT2D eigenvalue weighted by Crippen LogP contribution is 2.16. The molecular weight excluding hydrogens is 158 g/mol. The maximum atomic E-state index is 3.35. The largest absolute Gasteiger partial charge is 0.385 e. The van der Waals surface area contributed by atoms with Crippen LogP contribution in [0.4, 0.5) is 5.69 Å². The third-order valence-electron chi connectivity index (χ3n) is 2.09. The summed E-state index contributed by atoms with van der Waals surface area (Å²) in [6.07, 6.45) is 3.63. The molecule has 1 N–H and O–H groups in total. The van der Waals surface area contributed by atoms with Crippen LogP contribution in [0.1, 0.15) is 32.3 Å². The van der Waals surface area contributed by atoms with Gasteiger partial charge in [-0.3, -0.25) is 0 Å². The molecule has 0 unspecified atom stereocenters. The summed E-state index contributed by atoms with van der Waals surface area (Å²) < 4.78 is 0. The minimum absolute atomic E-state index is 0.983. The van der Waals surface area contributed by atoms with Gasteiger partial charge in [0, 0.05) is 12.2 Å². The lowest BCUT2D eigenvalue weighted by atomic mass is 10.1. The summed E-state index contributed by atoms with van der Waals surface area (Å²) >= 11 is 0. The molecule has 1 rings (SSSR count). The summed E-state index contributed by atoms with van der Waals surface area (Å²) in [5.74, 6) is 0. The number of anilines is 1. The summed E-state index contributed by atoms with van der Waals surface area (Å²) in [4.78, 5) is 0. The number of nitrogens with one attached hydrogen (secondary N) is 1. The number of hydrogen-bond donors (Lipinski definition) is 1. The molecule has 0 heterocycles. The maximum absolute atomic E-state index is 3.35. The Morgan fingerprint density at radius 2 is 2.23 bits per heavy atom. The zero-order chi connectivity index (χ0) is 9.52. The van der Waals surface area contributed by atoms with E-state index >= 15 is 0 Å². The molecular formula is C12H18N. The quantitative estimate of drug-likeness (QED) is 0.726. The normalized spacial score (nSPS) is 10.0. The molecule has 0 fully saturated rings. The van der Waals surface area contributed by atoms with Gasteiger partial charge < -0.3 is 5.32 Å². The second-order valence-corrected chi connectivity index (χ2v) is 3.20. The third kappa shape index (κ3) is 3.10. The summed E-state index contributed by atoms with van der Waals surface area (Å²) in [6.45, 7) is 5.32. The minimum atomic E-state index is 0.983. The number of hydrogen-bond acceptors (Lipinski definition) is 1. The maximum Gasteiger partial charge on any atom is 0.0378 e. The highest BCUT2D eigenvalue weighted by molar-refractivity contribution is 5.50. The Morgan fingerprint density at radius 3 is 2.92 bits per heavy atom. The van der Waals surface area contributed by atoms with E-state index < -0.39 is 0 Å². The molecule has 0 amide bonds. The highest BCUT2D eigenvalue weighted by Gasteiger charge is 1.98. The standard InChI is InChI=1S/C12H18N/c1-3-5-8-11-9-6-7-10-12(11)13-4-2/h6-7,10,13H,3-5,8H2,1-2H3. The smallest absolute Gasteiger partial charge is 0.0378 e. The fraction of sp³-hybridized carbons (Fsp3) is 0.500. The molecule has 0 saturated heterocycles. The van der Waals surface area contributed by atoms with E-state index in [0.29, 0.717) is 0 Å². The predicted molar refractivity (Wildman–Crippen MR) is 58.1 cm³/mol. The van der Waals surface area contributed by atoms with Crippen LogP contribution in [-0.2, 0) is 6.42 Å². The molecule has 1 aromatic rings. The first-order chi connectivity index (χ1) is 6.38. The Bertz CT molecular complexity index is 243. The van der Waals surface area contributed by atoms with E-state index in [4.69, 9.17) is 0 Å². The zero-order valence-corrected chi connectivity index (χ0v) is 8.56. The van der Waals surface area contributed by atoms with Crippen LogP contribution >= 0.6 is 0 Å². The minimum Gasteiger partial charge on any atom is -0.385 e. The summed E-state index contributed by atoms with van der Waals surface area (Å²) in [7, 11) is 0. The van der Waals surface area contributed by atoms with Crippen LogP contribution in [0.3, 0.4) is 0 Å². The molecule has 1 heteroatoms. The van der Waals surface area contributed by atoms with Gasteiger partial charge in [0.1, 0.15) is 0 Å². The summed E-state index contributed by atoms with van der Waals surface area (Å²) in [5.41, 5.74) is 2.57. The van der Waals surface area contributed by atoms with Crippen molar-refractivity contribution in [3.05, 3.63) is 29.8 Å². The molecule has 0 saturated carbocycles. The molecule has 0 aliphatic heterocycles. The Balaban J connectivity index is 2.66. The van der Waals surface area contributed by atoms with Crippen LogP contribution in [0.25, 0.3) is 0 Å². The SMILES string of the molecule is CCCCc1[c]cccc1NCC. The van der Waals surface area contributed by atoms with Crippen molar-refractivity contribution in [3.63, 3.8) is 0 Å². The number of unbranched alkanes of at least 4 members (excludes halogenated alkanes) is 1. The van der Waals surface area contributed by atoms with Gasteiger partial charge in [0.25, 0.3) is 0 Å². The number of rotatable bonds is 5. The van der Waals surface area contributed by atoms with Crippen LogP contribution < -0.4 is 5.32 Å². The summed E-state index contributed by atoms with van der Waals surface area (Å²) in [5, 5.41) is 3.35. The van der Waals surface area contributed by atoms with E-state index in [-0.39, 0.29) is 0 Å². The van der Waals surface area contributed by atoms with Crippen LogP contribution in [0.2, 0.25) is 0 Å². The van der Waals surface area contributed by atoms with Gasteiger partial charge in [-0.25, -0.2) is 0 Å². The average molecular weight is 176 g/mol. The van der Waals surface area contributed by atoms with Gasteiger partial charge in [0.2, 0.25) is 0 Å². The monoisotopic (exact) mass is 176 g/mol. The molecule has 0 aromatic heterocycles. The predicted octanol–water partition coefficient (Wildman–Crippen LogP) is 3.26. The first-order valence-corrected chi connectivity index (χ1v) is 5.12. The molecule has 0 bridgehead atoms. The van der Waals surface area contributed by atoms with Gasteiger partial charge in [0.05, 0.1) is 0 Å². The van der Waals surface area contributed by atoms with Crippen molar-refractivity contribution in [2.45, 2.75) is 33.1 Å². The van der Waals surface area contributed by atoms with Crippen molar-refractivity contribution in [3.8, 4) is 0 Å². The van der Waals surface area contributed by atoms with Crippen molar-refractivity contribution >= 4 is 5.69 Å². The van der Waals surface area contributed by atoms with Gasteiger partial charge >= 0.3 is 0 Å². The molecule has 1 radical (unpaired) electrons. The van der Waals surface area contributed by atoms with E-state index in [9.17, 15) is 0 Å². The fourth-order valence-electron chi connectivity index (χ4n) is 1.39. The molecule has 71 valence electrons. The molecule has 1 nitrogen and oxygen atoms in total. The molecule has 0 aliphatic rings. The summed E-state index contributed by atoms with van der Waals surface area (Å²) in [6, 6.07) is 9.45. The van der Waals surface area contributed by atoms with Crippen molar-refractivity contribution in [1.82, 2.24) is 0 Å². The zero-order valence-electron chi connectivity index (χ0n) is 8.56. The van der Waals surface area contributed by atoms with Crippen LogP contribution in [-0.4, -0.2) is 6.54 Å². The molecule has 13 heavy (non-hydrogen) atoms. The lowest BCUT2D eigenvalue weighted by molar-refractivity contribution is 0.794. The van der Waals surface area contributed by atoms with Crippen LogP contribution in [0.5, 0.6) is 0 Å². The Kier molecular flexibility index (Phi) is 4.37. The molecule has 0 aliphatic carbocycles. The highest BCUT2D eigenvalue weighted by atomic mass is 14.9. The number of benzene rings is 1. The van der Waals surface area contributed by atoms with E-state index in [1.54, 1.807) is 0 Å². The van der Waals surface area contributed by atoms with E-state index in [0.717, 1.165) is 13.0 Å². The second-order valence-electron chi connectivity index (χ2n) is 3.20. The topological polar surface area (TPSA) is 12.0 Å². The van der Waals surface area contributed by atoms with Gasteiger partial charge in [-0.05, 0) is 37.5 Å². The van der Waals surface area contributed by atoms with Crippen molar-refractivity contribution < 1.29 is 0 Å². The first kappa shape index (κ1) is 10.1. The van der Waals surface area contributed by atoms with Crippen LogP contribution in [0, 0.1) is 6.07 Å². The van der Waals surface area contributed by atoms with Gasteiger partial charge in [-0.1, -0.05) is 25.5 Å². The number of aryl methyl sites for hydroxylation is 1. The average Bonchev–Trinajstić information content (AvgIpc) is 2.17. The van der Waals surface area contributed by atoms with Crippen LogP contribution in [0.15, 0.2) is 18.2 Å². The van der Waals surface area contributed by atoms with Gasteiger partial charge in [-0.15, -0.1) is 0 Å². The van der Waals surface area contributed by atoms with Crippen molar-refractivity contribution in [2.75, 3.05) is 11.9 Å². The Hall–Kier alpha value is -0.980. The van der Waals surface area contributed by atoms with E-state index in [1.807, 2.05) is 12.1 Å². The Labute approximate surface area is 81.2 Å². The molecule has 1 aromatic carbocycles.